The fourth-order valence-electron chi connectivity index (χ4n) is 1.98. The Morgan fingerprint density at radius 2 is 1.62 bits per heavy atom. The molecule has 0 radical (unpaired) electrons. The maximum absolute atomic E-state index is 14.5. The summed E-state index contributed by atoms with van der Waals surface area (Å²) >= 11 is 0. The fraction of sp³-hybridized carbons (Fsp3) is 0.118. The molecule has 4 heteroatoms. The summed E-state index contributed by atoms with van der Waals surface area (Å²) in [5.74, 6) is -0.544. The first-order chi connectivity index (χ1) is 10.2. The van der Waals surface area contributed by atoms with E-state index in [4.69, 9.17) is 4.74 Å². The zero-order valence-electron chi connectivity index (χ0n) is 11.8. The molecule has 0 fully saturated rings. The average molecular weight is 286 g/mol. The number of carbonyl (C=O) groups is 1. The number of halogens is 1. The van der Waals surface area contributed by atoms with Crippen molar-refractivity contribution in [1.82, 2.24) is 0 Å². The highest BCUT2D eigenvalue weighted by atomic mass is 19.1. The van der Waals surface area contributed by atoms with Crippen molar-refractivity contribution in [3.63, 3.8) is 0 Å². The molecule has 0 aromatic heterocycles. The van der Waals surface area contributed by atoms with Crippen LogP contribution in [0.4, 0.5) is 4.39 Å². The topological polar surface area (TPSA) is 35.5 Å². The van der Waals surface area contributed by atoms with Crippen LogP contribution < -0.4 is 4.74 Å². The third-order valence-electron chi connectivity index (χ3n) is 3.01. The highest BCUT2D eigenvalue weighted by Crippen LogP contribution is 2.27. The molecule has 2 aromatic carbocycles. The van der Waals surface area contributed by atoms with E-state index in [9.17, 15) is 9.18 Å². The van der Waals surface area contributed by atoms with Crippen molar-refractivity contribution in [3.05, 3.63) is 65.2 Å². The second-order valence-electron chi connectivity index (χ2n) is 4.27. The minimum Gasteiger partial charge on any atom is -0.496 e. The van der Waals surface area contributed by atoms with Crippen LogP contribution in [-0.4, -0.2) is 20.2 Å². The number of esters is 1. The van der Waals surface area contributed by atoms with Crippen molar-refractivity contribution >= 4 is 17.9 Å². The van der Waals surface area contributed by atoms with Crippen molar-refractivity contribution in [2.24, 2.45) is 0 Å². The average Bonchev–Trinajstić information content (AvgIpc) is 2.54. The van der Waals surface area contributed by atoms with E-state index in [2.05, 4.69) is 4.74 Å². The molecule has 108 valence electrons. The lowest BCUT2D eigenvalue weighted by atomic mass is 10.0. The first-order valence-electron chi connectivity index (χ1n) is 6.35. The Morgan fingerprint density at radius 3 is 2.29 bits per heavy atom. The molecule has 0 saturated heterocycles. The molecule has 0 aliphatic heterocycles. The van der Waals surface area contributed by atoms with Crippen LogP contribution in [0.2, 0.25) is 0 Å². The van der Waals surface area contributed by atoms with Crippen LogP contribution >= 0.6 is 0 Å². The van der Waals surface area contributed by atoms with Gasteiger partial charge in [0.2, 0.25) is 0 Å². The van der Waals surface area contributed by atoms with Crippen molar-refractivity contribution in [3.8, 4) is 5.75 Å². The lowest BCUT2D eigenvalue weighted by molar-refractivity contribution is 0.0600. The molecule has 0 aliphatic rings. The van der Waals surface area contributed by atoms with Gasteiger partial charge in [0.25, 0.3) is 0 Å². The zero-order valence-corrected chi connectivity index (χ0v) is 11.8. The van der Waals surface area contributed by atoms with Crippen LogP contribution in [0.5, 0.6) is 5.75 Å². The maximum atomic E-state index is 14.5. The van der Waals surface area contributed by atoms with Crippen LogP contribution in [0, 0.1) is 0 Å². The van der Waals surface area contributed by atoms with Gasteiger partial charge in [-0.25, -0.2) is 9.18 Å². The molecule has 0 bridgehead atoms. The second kappa shape index (κ2) is 6.70. The van der Waals surface area contributed by atoms with E-state index in [1.807, 2.05) is 0 Å². The van der Waals surface area contributed by atoms with Crippen molar-refractivity contribution in [2.45, 2.75) is 0 Å². The van der Waals surface area contributed by atoms with Gasteiger partial charge in [-0.1, -0.05) is 36.4 Å². The molecule has 0 atom stereocenters. The fourth-order valence-corrected chi connectivity index (χ4v) is 1.98. The molecule has 0 N–H and O–H groups in total. The monoisotopic (exact) mass is 286 g/mol. The first kappa shape index (κ1) is 14.8. The van der Waals surface area contributed by atoms with E-state index in [0.717, 1.165) is 0 Å². The van der Waals surface area contributed by atoms with Gasteiger partial charge in [-0.2, -0.15) is 0 Å². The lowest BCUT2D eigenvalue weighted by Gasteiger charge is -2.07. The molecule has 0 heterocycles. The van der Waals surface area contributed by atoms with Crippen LogP contribution in [0.3, 0.4) is 0 Å². The molecule has 2 rings (SSSR count). The summed E-state index contributed by atoms with van der Waals surface area (Å²) in [5.41, 5.74) is 0.969. The molecule has 0 spiro atoms. The minimum absolute atomic E-state index is 0.184. The number of rotatable bonds is 4. The predicted molar refractivity (Wildman–Crippen MR) is 79.8 cm³/mol. The first-order valence-corrected chi connectivity index (χ1v) is 6.35. The molecule has 0 aliphatic carbocycles. The standard InChI is InChI=1S/C17H15FO3/c1-20-16-10-6-3-7-12(16)11-15(18)13-8-4-5-9-14(13)17(19)21-2/h3-11H,1-2H3/b15-11+. The van der Waals surface area contributed by atoms with Gasteiger partial charge in [-0.05, 0) is 18.2 Å². The highest BCUT2D eigenvalue weighted by Gasteiger charge is 2.14. The third kappa shape index (κ3) is 3.28. The smallest absolute Gasteiger partial charge is 0.338 e. The zero-order chi connectivity index (χ0) is 15.2. The van der Waals surface area contributed by atoms with E-state index >= 15 is 0 Å². The minimum atomic E-state index is -0.575. The van der Waals surface area contributed by atoms with E-state index in [1.165, 1.54) is 32.4 Å². The Balaban J connectivity index is 2.47. The summed E-state index contributed by atoms with van der Waals surface area (Å²) in [4.78, 5) is 11.7. The second-order valence-corrected chi connectivity index (χ2v) is 4.27. The van der Waals surface area contributed by atoms with E-state index in [-0.39, 0.29) is 11.1 Å². The molecule has 0 saturated carbocycles. The molecule has 21 heavy (non-hydrogen) atoms. The van der Waals surface area contributed by atoms with Gasteiger partial charge in [0.1, 0.15) is 11.6 Å². The van der Waals surface area contributed by atoms with Gasteiger partial charge in [0.05, 0.1) is 19.8 Å². The third-order valence-corrected chi connectivity index (χ3v) is 3.01. The normalized spacial score (nSPS) is 11.1. The van der Waals surface area contributed by atoms with Gasteiger partial charge in [-0.3, -0.25) is 0 Å². The van der Waals surface area contributed by atoms with Crippen LogP contribution in [0.1, 0.15) is 21.5 Å². The van der Waals surface area contributed by atoms with Crippen LogP contribution in [-0.2, 0) is 4.74 Å². The Hall–Kier alpha value is -2.62. The van der Waals surface area contributed by atoms with Crippen molar-refractivity contribution in [1.29, 1.82) is 0 Å². The number of benzene rings is 2. The Morgan fingerprint density at radius 1 is 1.00 bits per heavy atom. The van der Waals surface area contributed by atoms with E-state index in [1.54, 1.807) is 36.4 Å². The molecule has 3 nitrogen and oxygen atoms in total. The number of hydrogen-bond donors (Lipinski definition) is 0. The summed E-state index contributed by atoms with van der Waals surface area (Å²) in [7, 11) is 2.79. The van der Waals surface area contributed by atoms with E-state index < -0.39 is 11.8 Å². The maximum Gasteiger partial charge on any atom is 0.338 e. The van der Waals surface area contributed by atoms with Crippen molar-refractivity contribution in [2.75, 3.05) is 14.2 Å². The summed E-state index contributed by atoms with van der Waals surface area (Å²) in [6.45, 7) is 0. The molecular weight excluding hydrogens is 271 g/mol. The number of para-hydroxylation sites is 1. The van der Waals surface area contributed by atoms with Gasteiger partial charge >= 0.3 is 5.97 Å². The quantitative estimate of drug-likeness (QED) is 0.630. The number of carbonyl (C=O) groups excluding carboxylic acids is 1. The Kier molecular flexibility index (Phi) is 4.72. The van der Waals surface area contributed by atoms with Gasteiger partial charge < -0.3 is 9.47 Å². The number of methoxy groups -OCH3 is 2. The highest BCUT2D eigenvalue weighted by molar-refractivity contribution is 5.96. The summed E-state index contributed by atoms with van der Waals surface area (Å²) in [6, 6.07) is 13.4. The van der Waals surface area contributed by atoms with Crippen LogP contribution in [0.15, 0.2) is 48.5 Å². The Bertz CT molecular complexity index is 677. The SMILES string of the molecule is COC(=O)c1ccccc1/C(F)=C\c1ccccc1OC. The molecule has 0 unspecified atom stereocenters. The van der Waals surface area contributed by atoms with Gasteiger partial charge in [0, 0.05) is 11.1 Å². The van der Waals surface area contributed by atoms with Gasteiger partial charge in [0.15, 0.2) is 0 Å². The van der Waals surface area contributed by atoms with E-state index in [0.29, 0.717) is 11.3 Å². The van der Waals surface area contributed by atoms with Gasteiger partial charge in [-0.15, -0.1) is 0 Å². The molecule has 2 aromatic rings. The molecule has 0 amide bonds. The summed E-state index contributed by atoms with van der Waals surface area (Å²) < 4.78 is 24.3. The van der Waals surface area contributed by atoms with Crippen molar-refractivity contribution < 1.29 is 18.7 Å². The number of ether oxygens (including phenoxy) is 2. The summed E-state index contributed by atoms with van der Waals surface area (Å²) in [6.07, 6.45) is 1.33. The summed E-state index contributed by atoms with van der Waals surface area (Å²) in [5, 5.41) is 0. The predicted octanol–water partition coefficient (Wildman–Crippen LogP) is 3.95. The van der Waals surface area contributed by atoms with Crippen LogP contribution in [0.25, 0.3) is 11.9 Å². The Labute approximate surface area is 122 Å². The number of hydrogen-bond acceptors (Lipinski definition) is 3. The molecular formula is C17H15FO3. The largest absolute Gasteiger partial charge is 0.496 e. The lowest BCUT2D eigenvalue weighted by Crippen LogP contribution is -2.04.